The third-order valence-corrected chi connectivity index (χ3v) is 2.26. The molecule has 0 aromatic carbocycles. The quantitative estimate of drug-likeness (QED) is 0.742. The minimum absolute atomic E-state index is 0.0397. The highest BCUT2D eigenvalue weighted by Crippen LogP contribution is 1.97. The lowest BCUT2D eigenvalue weighted by Crippen LogP contribution is -2.33. The third kappa shape index (κ3) is 2.16. The molecule has 0 bridgehead atoms. The van der Waals surface area contributed by atoms with Crippen molar-refractivity contribution in [2.24, 2.45) is 0 Å². The number of aliphatic hydroxyl groups is 1. The van der Waals surface area contributed by atoms with Crippen molar-refractivity contribution < 1.29 is 9.90 Å². The lowest BCUT2D eigenvalue weighted by atomic mass is 10.3. The van der Waals surface area contributed by atoms with Crippen LogP contribution in [0.5, 0.6) is 0 Å². The summed E-state index contributed by atoms with van der Waals surface area (Å²) < 4.78 is 1.30. The minimum atomic E-state index is -0.533. The van der Waals surface area contributed by atoms with E-state index in [-0.39, 0.29) is 18.7 Å². The Morgan fingerprint density at radius 3 is 3.06 bits per heavy atom. The monoisotopic (exact) mass is 233 g/mol. The Hall–Kier alpha value is -2.21. The van der Waals surface area contributed by atoms with Crippen LogP contribution in [0.2, 0.25) is 0 Å². The zero-order valence-electron chi connectivity index (χ0n) is 8.96. The molecule has 0 spiro atoms. The molecule has 0 atom stereocenters. The topological polar surface area (TPSA) is 83.7 Å². The number of carbonyl (C=O) groups is 1. The van der Waals surface area contributed by atoms with E-state index >= 15 is 0 Å². The van der Waals surface area contributed by atoms with E-state index in [2.05, 4.69) is 10.3 Å². The third-order valence-electron chi connectivity index (χ3n) is 2.26. The number of carbonyl (C=O) groups excluding carboxylic acids is 1. The van der Waals surface area contributed by atoms with Crippen LogP contribution < -0.4 is 10.9 Å². The van der Waals surface area contributed by atoms with E-state index in [0.29, 0.717) is 5.65 Å². The van der Waals surface area contributed by atoms with E-state index in [0.717, 1.165) is 0 Å². The molecule has 0 aliphatic carbocycles. The Morgan fingerprint density at radius 1 is 1.47 bits per heavy atom. The molecule has 1 amide bonds. The van der Waals surface area contributed by atoms with Crippen molar-refractivity contribution in [3.8, 4) is 0 Å². The molecule has 2 aromatic rings. The highest BCUT2D eigenvalue weighted by atomic mass is 16.3. The van der Waals surface area contributed by atoms with Gasteiger partial charge in [-0.15, -0.1) is 0 Å². The SMILES string of the molecule is O=C(NCCO)c1cnc2ccccn2c1=O. The molecule has 0 saturated carbocycles. The van der Waals surface area contributed by atoms with Crippen molar-refractivity contribution in [1.82, 2.24) is 14.7 Å². The number of hydrogen-bond donors (Lipinski definition) is 2. The highest BCUT2D eigenvalue weighted by molar-refractivity contribution is 5.93. The number of rotatable bonds is 3. The fraction of sp³-hybridized carbons (Fsp3) is 0.182. The minimum Gasteiger partial charge on any atom is -0.395 e. The average Bonchev–Trinajstić information content (AvgIpc) is 2.37. The number of fused-ring (bicyclic) bond motifs is 1. The zero-order chi connectivity index (χ0) is 12.3. The van der Waals surface area contributed by atoms with Gasteiger partial charge in [0, 0.05) is 18.9 Å². The average molecular weight is 233 g/mol. The van der Waals surface area contributed by atoms with E-state index in [1.165, 1.54) is 10.6 Å². The second-order valence-electron chi connectivity index (χ2n) is 3.39. The largest absolute Gasteiger partial charge is 0.395 e. The molecule has 17 heavy (non-hydrogen) atoms. The zero-order valence-corrected chi connectivity index (χ0v) is 8.96. The van der Waals surface area contributed by atoms with Crippen molar-refractivity contribution in [3.63, 3.8) is 0 Å². The molecule has 0 aliphatic heterocycles. The Balaban J connectivity index is 2.46. The molecule has 88 valence electrons. The standard InChI is InChI=1S/C11H11N3O3/c15-6-4-12-10(16)8-7-13-9-3-1-2-5-14(9)11(8)17/h1-3,5,7,15H,4,6H2,(H,12,16). The van der Waals surface area contributed by atoms with E-state index in [9.17, 15) is 9.59 Å². The van der Waals surface area contributed by atoms with Crippen molar-refractivity contribution in [2.75, 3.05) is 13.2 Å². The Kier molecular flexibility index (Phi) is 3.15. The molecular formula is C11H11N3O3. The van der Waals surface area contributed by atoms with Crippen LogP contribution in [0.1, 0.15) is 10.4 Å². The molecule has 0 saturated heterocycles. The summed E-state index contributed by atoms with van der Waals surface area (Å²) in [6.07, 6.45) is 2.79. The van der Waals surface area contributed by atoms with Crippen molar-refractivity contribution in [3.05, 3.63) is 46.5 Å². The molecule has 2 aromatic heterocycles. The smallest absolute Gasteiger partial charge is 0.270 e. The molecule has 6 nitrogen and oxygen atoms in total. The van der Waals surface area contributed by atoms with Crippen LogP contribution in [0.25, 0.3) is 5.65 Å². The number of pyridine rings is 1. The van der Waals surface area contributed by atoms with Crippen LogP contribution >= 0.6 is 0 Å². The summed E-state index contributed by atoms with van der Waals surface area (Å²) in [7, 11) is 0. The van der Waals surface area contributed by atoms with Crippen LogP contribution in [0, 0.1) is 0 Å². The lowest BCUT2D eigenvalue weighted by Gasteiger charge is -2.04. The number of hydrogen-bond acceptors (Lipinski definition) is 4. The molecule has 2 N–H and O–H groups in total. The second kappa shape index (κ2) is 4.75. The predicted octanol–water partition coefficient (Wildman–Crippen LogP) is -0.583. The first-order valence-electron chi connectivity index (χ1n) is 5.09. The maximum Gasteiger partial charge on any atom is 0.270 e. The summed E-state index contributed by atoms with van der Waals surface area (Å²) in [4.78, 5) is 27.5. The van der Waals surface area contributed by atoms with Gasteiger partial charge < -0.3 is 10.4 Å². The van der Waals surface area contributed by atoms with E-state index in [1.54, 1.807) is 24.4 Å². The Bertz CT molecular complexity index is 606. The number of amides is 1. The summed E-state index contributed by atoms with van der Waals surface area (Å²) in [5.74, 6) is -0.533. The van der Waals surface area contributed by atoms with E-state index < -0.39 is 11.5 Å². The van der Waals surface area contributed by atoms with E-state index in [1.807, 2.05) is 0 Å². The number of nitrogens with zero attached hydrogens (tertiary/aromatic N) is 2. The van der Waals surface area contributed by atoms with Crippen molar-refractivity contribution in [1.29, 1.82) is 0 Å². The first-order valence-corrected chi connectivity index (χ1v) is 5.09. The van der Waals surface area contributed by atoms with Gasteiger partial charge in [0.2, 0.25) is 0 Å². The number of aliphatic hydroxyl groups excluding tert-OH is 1. The van der Waals surface area contributed by atoms with Crippen LogP contribution in [0.4, 0.5) is 0 Å². The highest BCUT2D eigenvalue weighted by Gasteiger charge is 2.11. The molecular weight excluding hydrogens is 222 g/mol. The normalized spacial score (nSPS) is 10.4. The van der Waals surface area contributed by atoms with Crippen molar-refractivity contribution >= 4 is 11.6 Å². The number of nitrogens with one attached hydrogen (secondary N) is 1. The van der Waals surface area contributed by atoms with Gasteiger partial charge in [-0.05, 0) is 12.1 Å². The van der Waals surface area contributed by atoms with Gasteiger partial charge >= 0.3 is 0 Å². The summed E-state index contributed by atoms with van der Waals surface area (Å²) in [5, 5.41) is 11.0. The second-order valence-corrected chi connectivity index (χ2v) is 3.39. The van der Waals surface area contributed by atoms with Gasteiger partial charge in [-0.2, -0.15) is 0 Å². The van der Waals surface area contributed by atoms with Crippen LogP contribution in [0.15, 0.2) is 35.4 Å². The Morgan fingerprint density at radius 2 is 2.29 bits per heavy atom. The van der Waals surface area contributed by atoms with Gasteiger partial charge in [-0.25, -0.2) is 4.98 Å². The molecule has 0 fully saturated rings. The predicted molar refractivity (Wildman–Crippen MR) is 60.9 cm³/mol. The van der Waals surface area contributed by atoms with E-state index in [4.69, 9.17) is 5.11 Å². The van der Waals surface area contributed by atoms with Crippen LogP contribution in [0.3, 0.4) is 0 Å². The first-order chi connectivity index (χ1) is 8.24. The molecule has 0 radical (unpaired) electrons. The van der Waals surface area contributed by atoms with Gasteiger partial charge in [0.1, 0.15) is 11.2 Å². The molecule has 0 unspecified atom stereocenters. The summed E-state index contributed by atoms with van der Waals surface area (Å²) in [5.41, 5.74) is 0.0180. The summed E-state index contributed by atoms with van der Waals surface area (Å²) in [6, 6.07) is 5.12. The maximum absolute atomic E-state index is 11.9. The van der Waals surface area contributed by atoms with Crippen LogP contribution in [-0.4, -0.2) is 33.6 Å². The van der Waals surface area contributed by atoms with Gasteiger partial charge in [0.05, 0.1) is 6.61 Å². The van der Waals surface area contributed by atoms with Gasteiger partial charge in [0.15, 0.2) is 0 Å². The van der Waals surface area contributed by atoms with Gasteiger partial charge in [0.25, 0.3) is 11.5 Å². The van der Waals surface area contributed by atoms with Crippen LogP contribution in [-0.2, 0) is 0 Å². The van der Waals surface area contributed by atoms with Gasteiger partial charge in [-0.3, -0.25) is 14.0 Å². The fourth-order valence-corrected chi connectivity index (χ4v) is 1.45. The first kappa shape index (κ1) is 11.3. The number of aromatic nitrogens is 2. The summed E-state index contributed by atoms with van der Waals surface area (Å²) in [6.45, 7) is -0.0656. The fourth-order valence-electron chi connectivity index (χ4n) is 1.45. The summed E-state index contributed by atoms with van der Waals surface area (Å²) >= 11 is 0. The molecule has 6 heteroatoms. The van der Waals surface area contributed by atoms with Crippen molar-refractivity contribution in [2.45, 2.75) is 0 Å². The maximum atomic E-state index is 11.9. The molecule has 0 aliphatic rings. The lowest BCUT2D eigenvalue weighted by molar-refractivity contribution is 0.0942. The Labute approximate surface area is 96.5 Å². The van der Waals surface area contributed by atoms with Gasteiger partial charge in [-0.1, -0.05) is 6.07 Å². The molecule has 2 rings (SSSR count). The molecule has 2 heterocycles.